The van der Waals surface area contributed by atoms with Crippen molar-refractivity contribution >= 4 is 11.6 Å². The third kappa shape index (κ3) is 2.94. The smallest absolute Gasteiger partial charge is 0.221 e. The lowest BCUT2D eigenvalue weighted by Gasteiger charge is -2.07. The Kier molecular flexibility index (Phi) is 3.59. The average molecular weight is 252 g/mol. The van der Waals surface area contributed by atoms with Crippen LogP contribution in [0.15, 0.2) is 36.4 Å². The molecule has 4 heteroatoms. The zero-order chi connectivity index (χ0) is 12.3. The highest BCUT2D eigenvalue weighted by Gasteiger charge is 2.03. The first-order chi connectivity index (χ1) is 8.19. The Balaban J connectivity index is 2.24. The van der Waals surface area contributed by atoms with Crippen molar-refractivity contribution in [1.29, 1.82) is 0 Å². The van der Waals surface area contributed by atoms with Crippen LogP contribution in [0.4, 0.5) is 4.39 Å². The van der Waals surface area contributed by atoms with Gasteiger partial charge in [0.1, 0.15) is 5.75 Å². The Labute approximate surface area is 104 Å². The summed E-state index contributed by atoms with van der Waals surface area (Å²) in [5, 5.41) is 0.701. The predicted molar refractivity (Wildman–Crippen MR) is 65.1 cm³/mol. The van der Waals surface area contributed by atoms with Crippen LogP contribution in [0.3, 0.4) is 0 Å². The summed E-state index contributed by atoms with van der Waals surface area (Å²) in [6, 6.07) is 9.74. The Bertz CT molecular complexity index is 531. The fourth-order valence-electron chi connectivity index (χ4n) is 1.45. The molecule has 0 aliphatic heterocycles. The Morgan fingerprint density at radius 3 is 2.82 bits per heavy atom. The number of aryl methyl sites for hydroxylation is 1. The molecular weight excluding hydrogens is 241 g/mol. The summed E-state index contributed by atoms with van der Waals surface area (Å²) in [5.41, 5.74) is 0.987. The lowest BCUT2D eigenvalue weighted by atomic mass is 10.1. The van der Waals surface area contributed by atoms with E-state index in [-0.39, 0.29) is 5.88 Å². The number of aromatic nitrogens is 1. The van der Waals surface area contributed by atoms with E-state index in [1.807, 2.05) is 13.0 Å². The molecule has 2 nitrogen and oxygen atoms in total. The average Bonchev–Trinajstić information content (AvgIpc) is 2.32. The summed E-state index contributed by atoms with van der Waals surface area (Å²) in [6.45, 7) is 2.01. The van der Waals surface area contributed by atoms with Crippen LogP contribution >= 0.6 is 11.6 Å². The first-order valence-corrected chi connectivity index (χ1v) is 5.65. The summed E-state index contributed by atoms with van der Waals surface area (Å²) in [7, 11) is 0. The zero-order valence-corrected chi connectivity index (χ0v) is 10.0. The monoisotopic (exact) mass is 251 g/mol. The van der Waals surface area contributed by atoms with Crippen molar-refractivity contribution in [2.75, 3.05) is 0 Å². The fourth-order valence-corrected chi connectivity index (χ4v) is 1.70. The second-order valence-corrected chi connectivity index (χ2v) is 3.91. The van der Waals surface area contributed by atoms with Gasteiger partial charge >= 0.3 is 0 Å². The van der Waals surface area contributed by atoms with E-state index in [0.717, 1.165) is 12.0 Å². The lowest BCUT2D eigenvalue weighted by molar-refractivity contribution is 0.445. The second kappa shape index (κ2) is 5.15. The Morgan fingerprint density at radius 2 is 2.12 bits per heavy atom. The van der Waals surface area contributed by atoms with Gasteiger partial charge in [-0.05, 0) is 36.2 Å². The van der Waals surface area contributed by atoms with Crippen molar-refractivity contribution in [2.45, 2.75) is 13.3 Å². The first kappa shape index (κ1) is 11.9. The third-order valence-electron chi connectivity index (χ3n) is 2.31. The topological polar surface area (TPSA) is 22.1 Å². The number of ether oxygens (including phenoxy) is 1. The predicted octanol–water partition coefficient (Wildman–Crippen LogP) is 4.23. The van der Waals surface area contributed by atoms with E-state index >= 15 is 0 Å². The molecule has 0 amide bonds. The molecule has 17 heavy (non-hydrogen) atoms. The van der Waals surface area contributed by atoms with E-state index in [1.165, 1.54) is 6.07 Å². The quantitative estimate of drug-likeness (QED) is 0.762. The molecule has 0 saturated carbocycles. The van der Waals surface area contributed by atoms with Crippen molar-refractivity contribution in [3.8, 4) is 11.6 Å². The summed E-state index contributed by atoms with van der Waals surface area (Å²) >= 11 is 5.99. The van der Waals surface area contributed by atoms with E-state index in [2.05, 4.69) is 4.98 Å². The van der Waals surface area contributed by atoms with Crippen LogP contribution in [-0.2, 0) is 6.42 Å². The maximum Gasteiger partial charge on any atom is 0.221 e. The van der Waals surface area contributed by atoms with Crippen LogP contribution in [-0.4, -0.2) is 4.98 Å². The molecule has 0 spiro atoms. The van der Waals surface area contributed by atoms with Crippen molar-refractivity contribution in [2.24, 2.45) is 0 Å². The van der Waals surface area contributed by atoms with Gasteiger partial charge in [0, 0.05) is 11.1 Å². The second-order valence-electron chi connectivity index (χ2n) is 3.51. The SMILES string of the molecule is CCc1cc(Oc2cccc(F)n2)ccc1Cl. The van der Waals surface area contributed by atoms with Crippen LogP contribution < -0.4 is 4.74 Å². The molecule has 0 radical (unpaired) electrons. The number of rotatable bonds is 3. The Morgan fingerprint density at radius 1 is 1.29 bits per heavy atom. The van der Waals surface area contributed by atoms with Gasteiger partial charge in [0.2, 0.25) is 11.8 Å². The number of hydrogen-bond acceptors (Lipinski definition) is 2. The third-order valence-corrected chi connectivity index (χ3v) is 2.68. The van der Waals surface area contributed by atoms with Crippen molar-refractivity contribution in [1.82, 2.24) is 4.98 Å². The number of hydrogen-bond donors (Lipinski definition) is 0. The molecule has 0 aliphatic carbocycles. The highest BCUT2D eigenvalue weighted by Crippen LogP contribution is 2.25. The van der Waals surface area contributed by atoms with Crippen molar-refractivity contribution < 1.29 is 9.13 Å². The van der Waals surface area contributed by atoms with Crippen LogP contribution in [0.2, 0.25) is 5.02 Å². The summed E-state index contributed by atoms with van der Waals surface area (Å²) in [4.78, 5) is 3.62. The molecule has 0 saturated heterocycles. The summed E-state index contributed by atoms with van der Waals surface area (Å²) in [6.07, 6.45) is 0.812. The molecule has 0 atom stereocenters. The van der Waals surface area contributed by atoms with Crippen molar-refractivity contribution in [3.05, 3.63) is 52.9 Å². The van der Waals surface area contributed by atoms with Gasteiger partial charge in [-0.1, -0.05) is 24.6 Å². The Hall–Kier alpha value is -1.61. The first-order valence-electron chi connectivity index (χ1n) is 5.28. The van der Waals surface area contributed by atoms with E-state index in [1.54, 1.807) is 24.3 Å². The van der Waals surface area contributed by atoms with E-state index < -0.39 is 5.95 Å². The summed E-state index contributed by atoms with van der Waals surface area (Å²) < 4.78 is 18.3. The number of halogens is 2. The van der Waals surface area contributed by atoms with Gasteiger partial charge in [0.25, 0.3) is 0 Å². The van der Waals surface area contributed by atoms with Crippen LogP contribution in [0, 0.1) is 5.95 Å². The van der Waals surface area contributed by atoms with E-state index in [0.29, 0.717) is 10.8 Å². The van der Waals surface area contributed by atoms with Crippen LogP contribution in [0.1, 0.15) is 12.5 Å². The minimum atomic E-state index is -0.563. The minimum absolute atomic E-state index is 0.231. The standard InChI is InChI=1S/C13H11ClFNO/c1-2-9-8-10(6-7-11(9)14)17-13-5-3-4-12(15)16-13/h3-8H,2H2,1H3. The van der Waals surface area contributed by atoms with Gasteiger partial charge in [-0.15, -0.1) is 0 Å². The molecule has 0 unspecified atom stereocenters. The molecular formula is C13H11ClFNO. The molecule has 1 aromatic carbocycles. The molecule has 1 heterocycles. The maximum atomic E-state index is 12.9. The van der Waals surface area contributed by atoms with E-state index in [9.17, 15) is 4.39 Å². The van der Waals surface area contributed by atoms with Gasteiger partial charge in [-0.3, -0.25) is 0 Å². The van der Waals surface area contributed by atoms with Crippen LogP contribution in [0.5, 0.6) is 11.6 Å². The van der Waals surface area contributed by atoms with Gasteiger partial charge in [0.05, 0.1) is 0 Å². The largest absolute Gasteiger partial charge is 0.439 e. The van der Waals surface area contributed by atoms with Gasteiger partial charge in [-0.2, -0.15) is 9.37 Å². The molecule has 2 rings (SSSR count). The number of benzene rings is 1. The van der Waals surface area contributed by atoms with Gasteiger partial charge in [0.15, 0.2) is 0 Å². The van der Waals surface area contributed by atoms with Gasteiger partial charge in [-0.25, -0.2) is 0 Å². The molecule has 2 aromatic rings. The highest BCUT2D eigenvalue weighted by molar-refractivity contribution is 6.31. The minimum Gasteiger partial charge on any atom is -0.439 e. The molecule has 1 aromatic heterocycles. The molecule has 0 bridgehead atoms. The van der Waals surface area contributed by atoms with Gasteiger partial charge < -0.3 is 4.74 Å². The molecule has 88 valence electrons. The molecule has 0 N–H and O–H groups in total. The number of pyridine rings is 1. The maximum absolute atomic E-state index is 12.9. The van der Waals surface area contributed by atoms with Crippen LogP contribution in [0.25, 0.3) is 0 Å². The van der Waals surface area contributed by atoms with Crippen molar-refractivity contribution in [3.63, 3.8) is 0 Å². The van der Waals surface area contributed by atoms with E-state index in [4.69, 9.17) is 16.3 Å². The summed E-state index contributed by atoms with van der Waals surface area (Å²) in [5.74, 6) is 0.269. The highest BCUT2D eigenvalue weighted by atomic mass is 35.5. The molecule has 0 fully saturated rings. The lowest BCUT2D eigenvalue weighted by Crippen LogP contribution is -1.91. The molecule has 0 aliphatic rings. The number of nitrogens with zero attached hydrogens (tertiary/aromatic N) is 1. The zero-order valence-electron chi connectivity index (χ0n) is 9.28. The fraction of sp³-hybridized carbons (Fsp3) is 0.154. The normalized spacial score (nSPS) is 10.3.